The molecule has 0 saturated carbocycles. The summed E-state index contributed by atoms with van der Waals surface area (Å²) in [7, 11) is 1.59. The highest BCUT2D eigenvalue weighted by atomic mass is 32.2. The van der Waals surface area contributed by atoms with Crippen molar-refractivity contribution in [2.24, 2.45) is 7.05 Å². The van der Waals surface area contributed by atoms with Crippen LogP contribution < -0.4 is 15.0 Å². The number of ether oxygens (including phenoxy) is 1. The zero-order chi connectivity index (χ0) is 20.4. The summed E-state index contributed by atoms with van der Waals surface area (Å²) in [5.41, 5.74) is 2.22. The van der Waals surface area contributed by atoms with Gasteiger partial charge in [0, 0.05) is 30.7 Å². The molecule has 4 rings (SSSR count). The molecule has 148 valence electrons. The lowest BCUT2D eigenvalue weighted by Gasteiger charge is -2.14. The molecule has 0 aliphatic carbocycles. The lowest BCUT2D eigenvalue weighted by molar-refractivity contribution is 0.484. The Kier molecular flexibility index (Phi) is 5.26. The fourth-order valence-corrected chi connectivity index (χ4v) is 3.37. The van der Waals surface area contributed by atoms with Crippen LogP contribution in [-0.4, -0.2) is 23.5 Å². The van der Waals surface area contributed by atoms with E-state index in [1.54, 1.807) is 31.4 Å². The van der Waals surface area contributed by atoms with Gasteiger partial charge in [-0.15, -0.1) is 0 Å². The zero-order valence-electron chi connectivity index (χ0n) is 15.5. The van der Waals surface area contributed by atoms with Gasteiger partial charge in [0.15, 0.2) is 0 Å². The third-order valence-corrected chi connectivity index (χ3v) is 4.82. The molecule has 3 N–H and O–H groups in total. The number of rotatable bonds is 6. The van der Waals surface area contributed by atoms with Gasteiger partial charge in [0.25, 0.3) is 5.56 Å². The molecular formula is C20H18N4O4S. The van der Waals surface area contributed by atoms with E-state index in [1.165, 1.54) is 4.68 Å². The number of aromatic nitrogens is 3. The third kappa shape index (κ3) is 3.97. The molecule has 1 unspecified atom stereocenters. The van der Waals surface area contributed by atoms with Crippen LogP contribution in [0.4, 0.5) is 0 Å². The summed E-state index contributed by atoms with van der Waals surface area (Å²) in [6.45, 7) is 0.184. The maximum Gasteiger partial charge on any atom is 0.290 e. The average molecular weight is 410 g/mol. The lowest BCUT2D eigenvalue weighted by Crippen LogP contribution is -2.20. The Labute approximate surface area is 168 Å². The van der Waals surface area contributed by atoms with Crippen LogP contribution in [0.2, 0.25) is 0 Å². The molecule has 29 heavy (non-hydrogen) atoms. The fourth-order valence-electron chi connectivity index (χ4n) is 3.08. The van der Waals surface area contributed by atoms with Crippen LogP contribution in [0.3, 0.4) is 0 Å². The van der Waals surface area contributed by atoms with Gasteiger partial charge in [-0.1, -0.05) is 24.3 Å². The van der Waals surface area contributed by atoms with Crippen LogP contribution in [0.1, 0.15) is 5.56 Å². The summed E-state index contributed by atoms with van der Waals surface area (Å²) in [4.78, 5) is 15.3. The molecular weight excluding hydrogens is 392 g/mol. The SMILES string of the molecule is Cn1nc(-c2cc(CNS(=O)O)ccc2Oc2ccccc2)c2cc[nH]c2c1=O. The number of nitrogens with one attached hydrogen (secondary N) is 2. The van der Waals surface area contributed by atoms with Crippen molar-refractivity contribution in [3.8, 4) is 22.8 Å². The van der Waals surface area contributed by atoms with Crippen molar-refractivity contribution in [1.82, 2.24) is 19.5 Å². The Morgan fingerprint density at radius 1 is 1.21 bits per heavy atom. The molecule has 0 aliphatic rings. The van der Waals surface area contributed by atoms with Gasteiger partial charge in [-0.2, -0.15) is 5.10 Å². The van der Waals surface area contributed by atoms with Crippen molar-refractivity contribution in [1.29, 1.82) is 0 Å². The van der Waals surface area contributed by atoms with Crippen LogP contribution in [0.15, 0.2) is 65.6 Å². The van der Waals surface area contributed by atoms with E-state index >= 15 is 0 Å². The van der Waals surface area contributed by atoms with Gasteiger partial charge in [0.05, 0.1) is 0 Å². The molecule has 0 radical (unpaired) electrons. The van der Waals surface area contributed by atoms with Crippen molar-refractivity contribution >= 4 is 22.2 Å². The normalized spacial score (nSPS) is 12.2. The number of hydrogen-bond acceptors (Lipinski definition) is 4. The highest BCUT2D eigenvalue weighted by molar-refractivity contribution is 7.77. The molecule has 0 fully saturated rings. The second-order valence-corrected chi connectivity index (χ2v) is 7.15. The Bertz CT molecular complexity index is 1250. The number of aromatic amines is 1. The van der Waals surface area contributed by atoms with Crippen molar-refractivity contribution < 1.29 is 13.5 Å². The third-order valence-electron chi connectivity index (χ3n) is 4.43. The van der Waals surface area contributed by atoms with Gasteiger partial charge in [-0.3, -0.25) is 9.35 Å². The van der Waals surface area contributed by atoms with Crippen molar-refractivity contribution in [2.75, 3.05) is 0 Å². The van der Waals surface area contributed by atoms with Gasteiger partial charge in [0.2, 0.25) is 11.3 Å². The minimum absolute atomic E-state index is 0.184. The predicted molar refractivity (Wildman–Crippen MR) is 111 cm³/mol. The largest absolute Gasteiger partial charge is 0.457 e. The van der Waals surface area contributed by atoms with Crippen LogP contribution in [0.25, 0.3) is 22.2 Å². The standard InChI is InChI=1S/C20H18N4O4S/c1-24-20(25)19-15(9-10-21-19)18(23-24)16-11-13(12-22-29(26)27)7-8-17(16)28-14-5-3-2-4-6-14/h2-11,21-22H,12H2,1H3,(H,26,27). The molecule has 0 spiro atoms. The maximum atomic E-state index is 12.4. The molecule has 0 saturated heterocycles. The Morgan fingerprint density at radius 3 is 2.76 bits per heavy atom. The van der Waals surface area contributed by atoms with E-state index < -0.39 is 11.3 Å². The highest BCUT2D eigenvalue weighted by Gasteiger charge is 2.17. The van der Waals surface area contributed by atoms with E-state index in [0.717, 1.165) is 5.56 Å². The molecule has 2 aromatic carbocycles. The van der Waals surface area contributed by atoms with Gasteiger partial charge >= 0.3 is 0 Å². The molecule has 2 heterocycles. The van der Waals surface area contributed by atoms with Crippen LogP contribution >= 0.6 is 0 Å². The first-order chi connectivity index (χ1) is 14.0. The highest BCUT2D eigenvalue weighted by Crippen LogP contribution is 2.36. The van der Waals surface area contributed by atoms with E-state index in [0.29, 0.717) is 33.7 Å². The van der Waals surface area contributed by atoms with E-state index in [4.69, 9.17) is 9.29 Å². The zero-order valence-corrected chi connectivity index (χ0v) is 16.3. The number of aryl methyl sites for hydroxylation is 1. The first-order valence-electron chi connectivity index (χ1n) is 8.78. The molecule has 1 atom stereocenters. The van der Waals surface area contributed by atoms with Crippen LogP contribution in [0.5, 0.6) is 11.5 Å². The number of nitrogens with zero attached hydrogens (tertiary/aromatic N) is 2. The Hall–Kier alpha value is -3.27. The lowest BCUT2D eigenvalue weighted by atomic mass is 10.0. The predicted octanol–water partition coefficient (Wildman–Crippen LogP) is 2.95. The number of para-hydroxylation sites is 1. The van der Waals surface area contributed by atoms with Gasteiger partial charge in [-0.05, 0) is 35.9 Å². The first kappa shape index (κ1) is 19.1. The second-order valence-electron chi connectivity index (χ2n) is 6.36. The van der Waals surface area contributed by atoms with Gasteiger partial charge < -0.3 is 9.72 Å². The number of H-pyrrole nitrogens is 1. The summed E-state index contributed by atoms with van der Waals surface area (Å²) in [6, 6.07) is 16.5. The van der Waals surface area contributed by atoms with Crippen molar-refractivity contribution in [3.63, 3.8) is 0 Å². The van der Waals surface area contributed by atoms with Gasteiger partial charge in [0.1, 0.15) is 22.7 Å². The summed E-state index contributed by atoms with van der Waals surface area (Å²) < 4.78 is 29.8. The van der Waals surface area contributed by atoms with E-state index in [-0.39, 0.29) is 12.1 Å². The van der Waals surface area contributed by atoms with E-state index in [1.807, 2.05) is 36.4 Å². The quantitative estimate of drug-likeness (QED) is 0.424. The fraction of sp³-hybridized carbons (Fsp3) is 0.100. The number of hydrogen-bond donors (Lipinski definition) is 3. The number of fused-ring (bicyclic) bond motifs is 1. The van der Waals surface area contributed by atoms with E-state index in [2.05, 4.69) is 14.8 Å². The topological polar surface area (TPSA) is 109 Å². The van der Waals surface area contributed by atoms with Crippen molar-refractivity contribution in [2.45, 2.75) is 6.54 Å². The molecule has 9 heteroatoms. The summed E-state index contributed by atoms with van der Waals surface area (Å²) in [5.74, 6) is 1.21. The Morgan fingerprint density at radius 2 is 2.00 bits per heavy atom. The van der Waals surface area contributed by atoms with E-state index in [9.17, 15) is 9.00 Å². The molecule has 4 aromatic rings. The molecule has 8 nitrogen and oxygen atoms in total. The summed E-state index contributed by atoms with van der Waals surface area (Å²) >= 11 is -2.12. The molecule has 0 aliphatic heterocycles. The minimum Gasteiger partial charge on any atom is -0.457 e. The number of benzene rings is 2. The second kappa shape index (κ2) is 8.00. The van der Waals surface area contributed by atoms with Crippen LogP contribution in [-0.2, 0) is 24.9 Å². The summed E-state index contributed by atoms with van der Waals surface area (Å²) in [6.07, 6.45) is 1.69. The van der Waals surface area contributed by atoms with Crippen LogP contribution in [0, 0.1) is 0 Å². The molecule has 0 amide bonds. The van der Waals surface area contributed by atoms with Gasteiger partial charge in [-0.25, -0.2) is 13.6 Å². The van der Waals surface area contributed by atoms with Crippen molar-refractivity contribution in [3.05, 3.63) is 76.7 Å². The molecule has 2 aromatic heterocycles. The average Bonchev–Trinajstić information content (AvgIpc) is 3.21. The summed E-state index contributed by atoms with van der Waals surface area (Å²) in [5, 5.41) is 5.12. The molecule has 0 bridgehead atoms. The first-order valence-corrected chi connectivity index (χ1v) is 9.88. The maximum absolute atomic E-state index is 12.4. The monoisotopic (exact) mass is 410 g/mol. The smallest absolute Gasteiger partial charge is 0.290 e. The Balaban J connectivity index is 1.88. The minimum atomic E-state index is -2.12.